The fourth-order valence-electron chi connectivity index (χ4n) is 0.768. The van der Waals surface area contributed by atoms with Crippen molar-refractivity contribution in [1.82, 2.24) is 0 Å². The van der Waals surface area contributed by atoms with Crippen LogP contribution in [0.3, 0.4) is 0 Å². The molecule has 0 saturated carbocycles. The molecule has 0 aromatic carbocycles. The van der Waals surface area contributed by atoms with Crippen molar-refractivity contribution in [2.45, 2.75) is 26.4 Å². The van der Waals surface area contributed by atoms with Crippen molar-refractivity contribution < 1.29 is 18.1 Å². The summed E-state index contributed by atoms with van der Waals surface area (Å²) in [6.07, 6.45) is 0.657. The molecule has 0 radical (unpaired) electrons. The summed E-state index contributed by atoms with van der Waals surface area (Å²) in [5, 5.41) is 0. The Bertz CT molecular complexity index is 158. The second kappa shape index (κ2) is 3.68. The van der Waals surface area contributed by atoms with E-state index in [2.05, 4.69) is 0 Å². The smallest absolute Gasteiger partial charge is 0.287 e. The van der Waals surface area contributed by atoms with Crippen LogP contribution in [0.4, 0.5) is 0 Å². The zero-order valence-electron chi connectivity index (χ0n) is 6.78. The van der Waals surface area contributed by atoms with Gasteiger partial charge in [0.25, 0.3) is 0 Å². The van der Waals surface area contributed by atoms with E-state index in [0.29, 0.717) is 13.2 Å². The molecule has 5 heteroatoms. The highest BCUT2D eigenvalue weighted by atomic mass is 31.2. The number of rotatable bonds is 2. The Morgan fingerprint density at radius 3 is 2.36 bits per heavy atom. The maximum absolute atomic E-state index is 11.4. The monoisotopic (exact) mass is 180 g/mol. The number of hydrogen-bond acceptors (Lipinski definition) is 4. The Balaban J connectivity index is 2.44. The van der Waals surface area contributed by atoms with E-state index in [1.54, 1.807) is 13.8 Å². The molecule has 1 rings (SSSR count). The quantitative estimate of drug-likeness (QED) is 0.609. The van der Waals surface area contributed by atoms with Crippen LogP contribution in [0.1, 0.15) is 20.3 Å². The molecule has 4 nitrogen and oxygen atoms in total. The first-order chi connectivity index (χ1) is 5.12. The van der Waals surface area contributed by atoms with E-state index < -0.39 is 7.82 Å². The van der Waals surface area contributed by atoms with E-state index in [-0.39, 0.29) is 6.10 Å². The second-order valence-electron chi connectivity index (χ2n) is 2.62. The molecule has 0 bridgehead atoms. The summed E-state index contributed by atoms with van der Waals surface area (Å²) < 4.78 is 26.1. The summed E-state index contributed by atoms with van der Waals surface area (Å²) in [5.74, 6) is 0. The van der Waals surface area contributed by atoms with Crippen LogP contribution in [-0.2, 0) is 18.1 Å². The van der Waals surface area contributed by atoms with Gasteiger partial charge in [0.15, 0.2) is 0 Å². The van der Waals surface area contributed by atoms with Gasteiger partial charge in [0.2, 0.25) is 0 Å². The highest BCUT2D eigenvalue weighted by Gasteiger charge is 2.30. The molecule has 1 fully saturated rings. The fourth-order valence-corrected chi connectivity index (χ4v) is 2.19. The Labute approximate surface area is 66.4 Å². The third kappa shape index (κ3) is 2.91. The van der Waals surface area contributed by atoms with Crippen molar-refractivity contribution in [3.05, 3.63) is 0 Å². The van der Waals surface area contributed by atoms with E-state index in [1.165, 1.54) is 0 Å². The zero-order valence-corrected chi connectivity index (χ0v) is 7.67. The van der Waals surface area contributed by atoms with E-state index in [9.17, 15) is 4.57 Å². The third-order valence-corrected chi connectivity index (χ3v) is 2.80. The lowest BCUT2D eigenvalue weighted by Gasteiger charge is -2.23. The van der Waals surface area contributed by atoms with Crippen LogP contribution in [0.15, 0.2) is 0 Å². The normalized spacial score (nSPS) is 23.9. The van der Waals surface area contributed by atoms with Gasteiger partial charge >= 0.3 is 7.82 Å². The van der Waals surface area contributed by atoms with Crippen LogP contribution in [0.25, 0.3) is 0 Å². The molecule has 0 atom stereocenters. The van der Waals surface area contributed by atoms with Gasteiger partial charge in [-0.2, -0.15) is 0 Å². The Kier molecular flexibility index (Phi) is 3.07. The molecule has 0 aliphatic carbocycles. The number of hydrogen-bond donors (Lipinski definition) is 0. The van der Waals surface area contributed by atoms with Crippen molar-refractivity contribution in [1.29, 1.82) is 0 Å². The van der Waals surface area contributed by atoms with E-state index >= 15 is 0 Å². The first-order valence-electron chi connectivity index (χ1n) is 3.70. The lowest BCUT2D eigenvalue weighted by molar-refractivity contribution is 0.0583. The topological polar surface area (TPSA) is 44.8 Å². The predicted octanol–water partition coefficient (Wildman–Crippen LogP) is 1.96. The van der Waals surface area contributed by atoms with Crippen LogP contribution >= 0.6 is 7.82 Å². The van der Waals surface area contributed by atoms with Crippen molar-refractivity contribution in [2.24, 2.45) is 0 Å². The molecule has 0 amide bonds. The van der Waals surface area contributed by atoms with Crippen molar-refractivity contribution >= 4 is 7.82 Å². The van der Waals surface area contributed by atoms with Crippen LogP contribution in [0.5, 0.6) is 0 Å². The van der Waals surface area contributed by atoms with Gasteiger partial charge < -0.3 is 0 Å². The first-order valence-corrected chi connectivity index (χ1v) is 5.16. The van der Waals surface area contributed by atoms with Gasteiger partial charge in [0, 0.05) is 0 Å². The van der Waals surface area contributed by atoms with E-state index in [1.807, 2.05) is 0 Å². The van der Waals surface area contributed by atoms with Crippen molar-refractivity contribution in [2.75, 3.05) is 13.2 Å². The van der Waals surface area contributed by atoms with Crippen molar-refractivity contribution in [3.8, 4) is 0 Å². The summed E-state index contributed by atoms with van der Waals surface area (Å²) in [5.41, 5.74) is 0. The van der Waals surface area contributed by atoms with E-state index in [4.69, 9.17) is 13.6 Å². The molecule has 0 N–H and O–H groups in total. The minimum atomic E-state index is -3.17. The summed E-state index contributed by atoms with van der Waals surface area (Å²) in [6.45, 7) is 4.51. The number of phosphoric acid groups is 1. The van der Waals surface area contributed by atoms with Gasteiger partial charge in [-0.1, -0.05) is 0 Å². The largest absolute Gasteiger partial charge is 0.475 e. The second-order valence-corrected chi connectivity index (χ2v) is 4.24. The number of phosphoric ester groups is 1. The molecule has 66 valence electrons. The van der Waals surface area contributed by atoms with Crippen LogP contribution in [0, 0.1) is 0 Å². The lowest BCUT2D eigenvalue weighted by atomic mass is 10.5. The van der Waals surface area contributed by atoms with Gasteiger partial charge in [-0.25, -0.2) is 4.57 Å². The average molecular weight is 180 g/mol. The van der Waals surface area contributed by atoms with E-state index in [0.717, 1.165) is 6.42 Å². The average Bonchev–Trinajstić information content (AvgIpc) is 1.85. The maximum atomic E-state index is 11.4. The molecule has 11 heavy (non-hydrogen) atoms. The third-order valence-electron chi connectivity index (χ3n) is 1.13. The maximum Gasteiger partial charge on any atom is 0.475 e. The Morgan fingerprint density at radius 2 is 1.91 bits per heavy atom. The lowest BCUT2D eigenvalue weighted by Crippen LogP contribution is -2.12. The zero-order chi connectivity index (χ0) is 8.32. The summed E-state index contributed by atoms with van der Waals surface area (Å²) in [4.78, 5) is 0. The Hall–Kier alpha value is 0.110. The molecule has 0 unspecified atom stereocenters. The minimum Gasteiger partial charge on any atom is -0.287 e. The molecule has 1 aliphatic rings. The summed E-state index contributed by atoms with van der Waals surface area (Å²) in [6, 6.07) is 0. The fraction of sp³-hybridized carbons (Fsp3) is 1.00. The molecule has 0 aromatic heterocycles. The van der Waals surface area contributed by atoms with Gasteiger partial charge in [-0.05, 0) is 20.3 Å². The van der Waals surface area contributed by atoms with Crippen molar-refractivity contribution in [3.63, 3.8) is 0 Å². The molecule has 0 aromatic rings. The van der Waals surface area contributed by atoms with Crippen LogP contribution in [-0.4, -0.2) is 19.3 Å². The Morgan fingerprint density at radius 1 is 1.36 bits per heavy atom. The molecule has 1 aliphatic heterocycles. The summed E-state index contributed by atoms with van der Waals surface area (Å²) in [7, 11) is -3.17. The first kappa shape index (κ1) is 9.20. The predicted molar refractivity (Wildman–Crippen MR) is 40.3 cm³/mol. The van der Waals surface area contributed by atoms with Gasteiger partial charge in [0.1, 0.15) is 0 Å². The van der Waals surface area contributed by atoms with Gasteiger partial charge in [-0.3, -0.25) is 13.6 Å². The highest BCUT2D eigenvalue weighted by Crippen LogP contribution is 2.52. The standard InChI is InChI=1S/C6H13O4P/c1-6(2)10-11(7)8-4-3-5-9-11/h6H,3-5H2,1-2H3. The molecule has 0 spiro atoms. The van der Waals surface area contributed by atoms with Crippen LogP contribution < -0.4 is 0 Å². The SMILES string of the molecule is CC(C)OP1(=O)OCCCO1. The minimum absolute atomic E-state index is 0.126. The van der Waals surface area contributed by atoms with Gasteiger partial charge in [-0.15, -0.1) is 0 Å². The molecule has 1 heterocycles. The highest BCUT2D eigenvalue weighted by molar-refractivity contribution is 7.48. The summed E-state index contributed by atoms with van der Waals surface area (Å²) >= 11 is 0. The van der Waals surface area contributed by atoms with Crippen LogP contribution in [0.2, 0.25) is 0 Å². The molecular formula is C6H13O4P. The molecular weight excluding hydrogens is 167 g/mol. The molecule has 1 saturated heterocycles. The van der Waals surface area contributed by atoms with Gasteiger partial charge in [0.05, 0.1) is 19.3 Å².